The Morgan fingerprint density at radius 1 is 1.27 bits per heavy atom. The van der Waals surface area contributed by atoms with E-state index >= 15 is 0 Å². The smallest absolute Gasteiger partial charge is 0.305 e. The molecule has 0 bridgehead atoms. The van der Waals surface area contributed by atoms with E-state index in [-0.39, 0.29) is 12.3 Å². The van der Waals surface area contributed by atoms with Crippen molar-refractivity contribution in [1.29, 1.82) is 0 Å². The molecule has 0 spiro atoms. The molecule has 1 aromatic carbocycles. The van der Waals surface area contributed by atoms with Crippen molar-refractivity contribution in [3.8, 4) is 11.5 Å². The van der Waals surface area contributed by atoms with Crippen LogP contribution in [-0.4, -0.2) is 35.7 Å². The van der Waals surface area contributed by atoms with E-state index < -0.39 is 17.6 Å². The molecule has 0 radical (unpaired) electrons. The fourth-order valence-corrected chi connectivity index (χ4v) is 2.51. The molecule has 0 aliphatic heterocycles. The van der Waals surface area contributed by atoms with Crippen LogP contribution in [0, 0.1) is 0 Å². The van der Waals surface area contributed by atoms with Gasteiger partial charge in [0.1, 0.15) is 11.5 Å². The van der Waals surface area contributed by atoms with Gasteiger partial charge in [0.2, 0.25) is 0 Å². The Balaban J connectivity index is 1.92. The minimum Gasteiger partial charge on any atom is -0.497 e. The van der Waals surface area contributed by atoms with Crippen LogP contribution in [-0.2, 0) is 9.59 Å². The molecule has 6 nitrogen and oxygen atoms in total. The summed E-state index contributed by atoms with van der Waals surface area (Å²) >= 11 is 0. The fourth-order valence-electron chi connectivity index (χ4n) is 2.51. The molecule has 1 saturated carbocycles. The molecule has 1 aliphatic rings. The second-order valence-electron chi connectivity index (χ2n) is 5.63. The molecule has 0 heterocycles. The second kappa shape index (κ2) is 6.68. The number of aliphatic carboxylic acids is 1. The summed E-state index contributed by atoms with van der Waals surface area (Å²) in [7, 11) is 1.58. The third-order valence-electron chi connectivity index (χ3n) is 3.93. The number of carboxylic acids is 1. The number of rotatable bonds is 7. The van der Waals surface area contributed by atoms with E-state index in [2.05, 4.69) is 5.32 Å². The highest BCUT2D eigenvalue weighted by Gasteiger charge is 2.41. The number of hydrogen-bond acceptors (Lipinski definition) is 4. The largest absolute Gasteiger partial charge is 0.497 e. The highest BCUT2D eigenvalue weighted by molar-refractivity contribution is 5.82. The average Bonchev–Trinajstić information content (AvgIpc) is 2.45. The summed E-state index contributed by atoms with van der Waals surface area (Å²) in [4.78, 5) is 23.1. The molecule has 22 heavy (non-hydrogen) atoms. The summed E-state index contributed by atoms with van der Waals surface area (Å²) < 4.78 is 10.6. The number of ether oxygens (including phenoxy) is 2. The van der Waals surface area contributed by atoms with Crippen LogP contribution in [0.1, 0.15) is 32.6 Å². The molecular weight excluding hydrogens is 286 g/mol. The van der Waals surface area contributed by atoms with E-state index in [9.17, 15) is 9.59 Å². The highest BCUT2D eigenvalue weighted by atomic mass is 16.5. The highest BCUT2D eigenvalue weighted by Crippen LogP contribution is 2.35. The van der Waals surface area contributed by atoms with Crippen LogP contribution < -0.4 is 14.8 Å². The Labute approximate surface area is 129 Å². The van der Waals surface area contributed by atoms with Crippen LogP contribution in [0.15, 0.2) is 24.3 Å². The van der Waals surface area contributed by atoms with Crippen molar-refractivity contribution in [2.24, 2.45) is 0 Å². The number of carbonyl (C=O) groups is 2. The Morgan fingerprint density at radius 3 is 2.32 bits per heavy atom. The second-order valence-corrected chi connectivity index (χ2v) is 5.63. The van der Waals surface area contributed by atoms with Gasteiger partial charge in [-0.3, -0.25) is 9.59 Å². The zero-order chi connectivity index (χ0) is 16.2. The molecule has 1 fully saturated rings. The Bertz CT molecular complexity index is 536. The van der Waals surface area contributed by atoms with Gasteiger partial charge in [0, 0.05) is 0 Å². The van der Waals surface area contributed by atoms with E-state index in [0.717, 1.165) is 6.42 Å². The zero-order valence-electron chi connectivity index (χ0n) is 12.8. The van der Waals surface area contributed by atoms with Crippen LogP contribution in [0.5, 0.6) is 11.5 Å². The lowest BCUT2D eigenvalue weighted by Crippen LogP contribution is -2.57. The number of amides is 1. The maximum atomic E-state index is 12.2. The van der Waals surface area contributed by atoms with E-state index in [1.54, 1.807) is 38.3 Å². The number of methoxy groups -OCH3 is 1. The van der Waals surface area contributed by atoms with E-state index in [1.807, 2.05) is 0 Å². The van der Waals surface area contributed by atoms with Gasteiger partial charge in [-0.05, 0) is 50.5 Å². The van der Waals surface area contributed by atoms with Gasteiger partial charge in [-0.2, -0.15) is 0 Å². The summed E-state index contributed by atoms with van der Waals surface area (Å²) in [6.45, 7) is 1.65. The molecule has 1 aliphatic carbocycles. The van der Waals surface area contributed by atoms with Gasteiger partial charge in [-0.1, -0.05) is 0 Å². The van der Waals surface area contributed by atoms with Crippen molar-refractivity contribution >= 4 is 11.9 Å². The van der Waals surface area contributed by atoms with Crippen LogP contribution in [0.25, 0.3) is 0 Å². The van der Waals surface area contributed by atoms with Crippen LogP contribution in [0.3, 0.4) is 0 Å². The average molecular weight is 307 g/mol. The molecule has 2 rings (SSSR count). The van der Waals surface area contributed by atoms with Gasteiger partial charge < -0.3 is 19.9 Å². The molecular formula is C16H21NO5. The maximum absolute atomic E-state index is 12.2. The molecule has 0 saturated heterocycles. The number of carbonyl (C=O) groups excluding carboxylic acids is 1. The van der Waals surface area contributed by atoms with Crippen molar-refractivity contribution in [3.63, 3.8) is 0 Å². The SMILES string of the molecule is COc1ccc(O[C@@H](C)C(=O)NC2(CC(=O)O)CCC2)cc1. The predicted octanol–water partition coefficient (Wildman–Crippen LogP) is 1.98. The first-order chi connectivity index (χ1) is 10.4. The Hall–Kier alpha value is -2.24. The van der Waals surface area contributed by atoms with Gasteiger partial charge in [-0.15, -0.1) is 0 Å². The van der Waals surface area contributed by atoms with Gasteiger partial charge in [0.25, 0.3) is 5.91 Å². The fraction of sp³-hybridized carbons (Fsp3) is 0.500. The third-order valence-corrected chi connectivity index (χ3v) is 3.93. The van der Waals surface area contributed by atoms with Crippen LogP contribution in [0.4, 0.5) is 0 Å². The Morgan fingerprint density at radius 2 is 1.86 bits per heavy atom. The summed E-state index contributed by atoms with van der Waals surface area (Å²) in [6.07, 6.45) is 1.58. The zero-order valence-corrected chi connectivity index (χ0v) is 12.8. The molecule has 2 N–H and O–H groups in total. The summed E-state index contributed by atoms with van der Waals surface area (Å²) in [5.41, 5.74) is -0.611. The maximum Gasteiger partial charge on any atom is 0.305 e. The van der Waals surface area contributed by atoms with Gasteiger partial charge in [0.15, 0.2) is 6.10 Å². The number of benzene rings is 1. The molecule has 1 atom stereocenters. The summed E-state index contributed by atoms with van der Waals surface area (Å²) in [6, 6.07) is 6.94. The van der Waals surface area contributed by atoms with Crippen molar-refractivity contribution in [3.05, 3.63) is 24.3 Å². The quantitative estimate of drug-likeness (QED) is 0.804. The standard InChI is InChI=1S/C16H21NO5/c1-11(22-13-6-4-12(21-2)5-7-13)15(20)17-16(8-3-9-16)10-14(18)19/h4-7,11H,3,8-10H2,1-2H3,(H,17,20)(H,18,19)/t11-/m0/s1. The minimum atomic E-state index is -0.899. The lowest BCUT2D eigenvalue weighted by molar-refractivity contribution is -0.141. The van der Waals surface area contributed by atoms with Crippen LogP contribution >= 0.6 is 0 Å². The predicted molar refractivity (Wildman–Crippen MR) is 80.1 cm³/mol. The molecule has 0 aromatic heterocycles. The Kier molecular flexibility index (Phi) is 4.90. The van der Waals surface area contributed by atoms with E-state index in [4.69, 9.17) is 14.6 Å². The topological polar surface area (TPSA) is 84.9 Å². The van der Waals surface area contributed by atoms with E-state index in [1.165, 1.54) is 0 Å². The van der Waals surface area contributed by atoms with E-state index in [0.29, 0.717) is 24.3 Å². The first-order valence-corrected chi connectivity index (χ1v) is 7.29. The van der Waals surface area contributed by atoms with Crippen molar-refractivity contribution in [2.45, 2.75) is 44.2 Å². The van der Waals surface area contributed by atoms with Gasteiger partial charge in [-0.25, -0.2) is 0 Å². The summed E-state index contributed by atoms with van der Waals surface area (Å²) in [5.74, 6) is 0.0733. The van der Waals surface area contributed by atoms with Crippen molar-refractivity contribution in [1.82, 2.24) is 5.32 Å². The third kappa shape index (κ3) is 3.90. The first-order valence-electron chi connectivity index (χ1n) is 7.29. The molecule has 6 heteroatoms. The normalized spacial score (nSPS) is 17.0. The van der Waals surface area contributed by atoms with Gasteiger partial charge in [0.05, 0.1) is 19.1 Å². The molecule has 0 unspecified atom stereocenters. The van der Waals surface area contributed by atoms with Gasteiger partial charge >= 0.3 is 5.97 Å². The monoisotopic (exact) mass is 307 g/mol. The van der Waals surface area contributed by atoms with Crippen molar-refractivity contribution in [2.75, 3.05) is 7.11 Å². The first kappa shape index (κ1) is 16.1. The van der Waals surface area contributed by atoms with Crippen molar-refractivity contribution < 1.29 is 24.2 Å². The number of nitrogens with one attached hydrogen (secondary N) is 1. The molecule has 120 valence electrons. The lowest BCUT2D eigenvalue weighted by atomic mass is 9.74. The minimum absolute atomic E-state index is 0.0476. The summed E-state index contributed by atoms with van der Waals surface area (Å²) in [5, 5.41) is 11.8. The molecule has 1 aromatic rings. The molecule has 1 amide bonds. The lowest BCUT2D eigenvalue weighted by Gasteiger charge is -2.42. The van der Waals surface area contributed by atoms with Crippen LogP contribution in [0.2, 0.25) is 0 Å². The number of carboxylic acid groups (broad SMARTS) is 1. The number of hydrogen-bond donors (Lipinski definition) is 2.